The summed E-state index contributed by atoms with van der Waals surface area (Å²) in [5.41, 5.74) is 3.26. The number of hydrogen-bond donors (Lipinski definition) is 1. The molecule has 1 aliphatic rings. The van der Waals surface area contributed by atoms with E-state index in [4.69, 9.17) is 4.42 Å². The fourth-order valence-corrected chi connectivity index (χ4v) is 5.63. The predicted octanol–water partition coefficient (Wildman–Crippen LogP) is 5.88. The van der Waals surface area contributed by atoms with Crippen molar-refractivity contribution in [3.63, 3.8) is 0 Å². The number of aromatic nitrogens is 2. The van der Waals surface area contributed by atoms with Gasteiger partial charge in [0.1, 0.15) is 17.4 Å². The summed E-state index contributed by atoms with van der Waals surface area (Å²) in [4.78, 5) is 32.6. The number of nitrogens with one attached hydrogen (secondary N) is 1. The normalized spacial score (nSPS) is 14.3. The number of aromatic amines is 1. The van der Waals surface area contributed by atoms with Gasteiger partial charge >= 0.3 is 5.69 Å². The summed E-state index contributed by atoms with van der Waals surface area (Å²) in [7, 11) is 0. The second kappa shape index (κ2) is 11.5. The van der Waals surface area contributed by atoms with Crippen molar-refractivity contribution in [2.45, 2.75) is 38.5 Å². The van der Waals surface area contributed by atoms with Crippen LogP contribution >= 0.6 is 0 Å². The molecule has 5 aromatic rings. The van der Waals surface area contributed by atoms with Crippen LogP contribution in [0.4, 0.5) is 8.78 Å². The Bertz CT molecular complexity index is 1710. The molecule has 7 nitrogen and oxygen atoms in total. The zero-order chi connectivity index (χ0) is 28.3. The van der Waals surface area contributed by atoms with E-state index < -0.39 is 0 Å². The first-order valence-corrected chi connectivity index (χ1v) is 13.7. The van der Waals surface area contributed by atoms with E-state index in [9.17, 15) is 18.4 Å². The molecule has 3 aromatic carbocycles. The van der Waals surface area contributed by atoms with Crippen LogP contribution in [0.3, 0.4) is 0 Å². The van der Waals surface area contributed by atoms with E-state index in [2.05, 4.69) is 9.88 Å². The maximum atomic E-state index is 13.8. The van der Waals surface area contributed by atoms with Gasteiger partial charge in [0.15, 0.2) is 5.76 Å². The van der Waals surface area contributed by atoms with E-state index in [-0.39, 0.29) is 35.0 Å². The fourth-order valence-electron chi connectivity index (χ4n) is 5.63. The Morgan fingerprint density at radius 3 is 2.39 bits per heavy atom. The van der Waals surface area contributed by atoms with Gasteiger partial charge in [0.05, 0.1) is 17.6 Å². The SMILES string of the molecule is O=C(c1ccc(CN(Cc2ccc(F)cc2)Cc2cccc(F)c2)o1)N1CCC(n2c(=O)[nH]c3ccccc32)CC1. The Kier molecular flexibility index (Phi) is 7.52. The lowest BCUT2D eigenvalue weighted by atomic mass is 10.0. The van der Waals surface area contributed by atoms with E-state index in [1.807, 2.05) is 30.3 Å². The highest BCUT2D eigenvalue weighted by molar-refractivity contribution is 5.91. The number of likely N-dealkylation sites (tertiary alicyclic amines) is 1. The average Bonchev–Trinajstić information content (AvgIpc) is 3.57. The topological polar surface area (TPSA) is 74.5 Å². The molecular formula is C32H30F2N4O3. The Hall–Kier alpha value is -4.50. The van der Waals surface area contributed by atoms with Crippen molar-refractivity contribution in [1.29, 1.82) is 0 Å². The van der Waals surface area contributed by atoms with Crippen LogP contribution in [0.1, 0.15) is 46.3 Å². The highest BCUT2D eigenvalue weighted by Gasteiger charge is 2.28. The number of rotatable bonds is 8. The van der Waals surface area contributed by atoms with Crippen molar-refractivity contribution in [1.82, 2.24) is 19.4 Å². The summed E-state index contributed by atoms with van der Waals surface area (Å²) in [5, 5.41) is 0. The number of H-pyrrole nitrogens is 1. The van der Waals surface area contributed by atoms with Crippen LogP contribution in [0, 0.1) is 11.6 Å². The zero-order valence-electron chi connectivity index (χ0n) is 22.4. The van der Waals surface area contributed by atoms with Crippen LogP contribution in [-0.2, 0) is 19.6 Å². The number of imidazole rings is 1. The summed E-state index contributed by atoms with van der Waals surface area (Å²) in [6.45, 7) is 2.34. The lowest BCUT2D eigenvalue weighted by Crippen LogP contribution is -2.40. The number of halogens is 2. The molecule has 0 bridgehead atoms. The monoisotopic (exact) mass is 556 g/mol. The van der Waals surface area contributed by atoms with Gasteiger partial charge in [-0.25, -0.2) is 13.6 Å². The van der Waals surface area contributed by atoms with Gasteiger partial charge in [-0.1, -0.05) is 36.4 Å². The molecule has 0 unspecified atom stereocenters. The largest absolute Gasteiger partial charge is 0.455 e. The first-order valence-electron chi connectivity index (χ1n) is 13.7. The number of furan rings is 1. The number of para-hydroxylation sites is 2. The molecule has 0 aliphatic carbocycles. The molecule has 6 rings (SSSR count). The maximum Gasteiger partial charge on any atom is 0.326 e. The van der Waals surface area contributed by atoms with Gasteiger partial charge < -0.3 is 14.3 Å². The molecule has 0 atom stereocenters. The van der Waals surface area contributed by atoms with Crippen molar-refractivity contribution >= 4 is 16.9 Å². The molecule has 2 aromatic heterocycles. The lowest BCUT2D eigenvalue weighted by molar-refractivity contribution is 0.0658. The van der Waals surface area contributed by atoms with Crippen molar-refractivity contribution in [3.05, 3.63) is 130 Å². The molecule has 0 radical (unpaired) electrons. The van der Waals surface area contributed by atoms with Gasteiger partial charge in [0.25, 0.3) is 5.91 Å². The third-order valence-electron chi connectivity index (χ3n) is 7.61. The van der Waals surface area contributed by atoms with E-state index in [0.717, 1.165) is 22.2 Å². The van der Waals surface area contributed by atoms with Crippen LogP contribution in [-0.4, -0.2) is 38.3 Å². The Labute approximate surface area is 235 Å². The Morgan fingerprint density at radius 1 is 0.854 bits per heavy atom. The Morgan fingerprint density at radius 2 is 1.61 bits per heavy atom. The number of piperidine rings is 1. The van der Waals surface area contributed by atoms with Crippen molar-refractivity contribution in [3.8, 4) is 0 Å². The summed E-state index contributed by atoms with van der Waals surface area (Å²) in [6.07, 6.45) is 1.33. The van der Waals surface area contributed by atoms with Crippen molar-refractivity contribution in [2.24, 2.45) is 0 Å². The molecule has 0 saturated carbocycles. The van der Waals surface area contributed by atoms with Gasteiger partial charge in [-0.2, -0.15) is 0 Å². The number of nitrogens with zero attached hydrogens (tertiary/aromatic N) is 3. The second-order valence-electron chi connectivity index (χ2n) is 10.5. The minimum absolute atomic E-state index is 0.0118. The molecule has 1 N–H and O–H groups in total. The third-order valence-corrected chi connectivity index (χ3v) is 7.61. The summed E-state index contributed by atoms with van der Waals surface area (Å²) in [5.74, 6) is 0.0594. The summed E-state index contributed by atoms with van der Waals surface area (Å²) < 4.78 is 35.1. The number of fused-ring (bicyclic) bond motifs is 1. The van der Waals surface area contributed by atoms with E-state index in [1.54, 1.807) is 39.8 Å². The number of hydrogen-bond acceptors (Lipinski definition) is 4. The summed E-state index contributed by atoms with van der Waals surface area (Å²) >= 11 is 0. The molecule has 210 valence electrons. The van der Waals surface area contributed by atoms with Gasteiger partial charge in [-0.05, 0) is 72.5 Å². The molecule has 41 heavy (non-hydrogen) atoms. The zero-order valence-corrected chi connectivity index (χ0v) is 22.4. The fraction of sp³-hybridized carbons (Fsp3) is 0.250. The molecule has 1 saturated heterocycles. The van der Waals surface area contributed by atoms with Crippen LogP contribution in [0.2, 0.25) is 0 Å². The highest BCUT2D eigenvalue weighted by atomic mass is 19.1. The van der Waals surface area contributed by atoms with Crippen LogP contribution < -0.4 is 5.69 Å². The van der Waals surface area contributed by atoms with Gasteiger partial charge in [-0.15, -0.1) is 0 Å². The lowest BCUT2D eigenvalue weighted by Gasteiger charge is -2.32. The maximum absolute atomic E-state index is 13.8. The van der Waals surface area contributed by atoms with Crippen LogP contribution in [0.25, 0.3) is 11.0 Å². The van der Waals surface area contributed by atoms with Gasteiger partial charge in [0.2, 0.25) is 0 Å². The van der Waals surface area contributed by atoms with E-state index in [0.29, 0.717) is 51.3 Å². The Balaban J connectivity index is 1.12. The average molecular weight is 557 g/mol. The van der Waals surface area contributed by atoms with Crippen LogP contribution in [0.5, 0.6) is 0 Å². The molecule has 1 fully saturated rings. The van der Waals surface area contributed by atoms with Gasteiger partial charge in [0, 0.05) is 32.2 Å². The van der Waals surface area contributed by atoms with Crippen molar-refractivity contribution in [2.75, 3.05) is 13.1 Å². The minimum atomic E-state index is -0.312. The first kappa shape index (κ1) is 26.7. The smallest absolute Gasteiger partial charge is 0.326 e. The number of benzene rings is 3. The minimum Gasteiger partial charge on any atom is -0.455 e. The number of carbonyl (C=O) groups excluding carboxylic acids is 1. The second-order valence-corrected chi connectivity index (χ2v) is 10.5. The van der Waals surface area contributed by atoms with E-state index in [1.165, 1.54) is 24.3 Å². The quantitative estimate of drug-likeness (QED) is 0.259. The van der Waals surface area contributed by atoms with E-state index >= 15 is 0 Å². The predicted molar refractivity (Wildman–Crippen MR) is 151 cm³/mol. The summed E-state index contributed by atoms with van der Waals surface area (Å²) in [6, 6.07) is 23.8. The molecule has 3 heterocycles. The van der Waals surface area contributed by atoms with Crippen LogP contribution in [0.15, 0.2) is 94.1 Å². The highest BCUT2D eigenvalue weighted by Crippen LogP contribution is 2.26. The molecule has 1 amide bonds. The number of amides is 1. The van der Waals surface area contributed by atoms with Crippen molar-refractivity contribution < 1.29 is 18.0 Å². The standard InChI is InChI=1S/C32H30F2N4O3/c33-24-10-8-22(9-11-24)19-36(20-23-4-3-5-25(34)18-23)21-27-12-13-30(41-27)31(39)37-16-14-26(15-17-37)38-29-7-2-1-6-28(29)35-32(38)40/h1-13,18,26H,14-17,19-21H2,(H,35,40). The third kappa shape index (κ3) is 6.00. The number of carbonyl (C=O) groups is 1. The first-order chi connectivity index (χ1) is 19.9. The van der Waals surface area contributed by atoms with Gasteiger partial charge in [-0.3, -0.25) is 14.3 Å². The molecule has 1 aliphatic heterocycles. The molecular weight excluding hydrogens is 526 g/mol. The molecule has 0 spiro atoms. The molecule has 9 heteroatoms.